The maximum atomic E-state index is 11.9. The Bertz CT molecular complexity index is 522. The molecule has 0 aromatic heterocycles. The van der Waals surface area contributed by atoms with Gasteiger partial charge in [-0.25, -0.2) is 8.42 Å². The highest BCUT2D eigenvalue weighted by Crippen LogP contribution is 2.24. The van der Waals surface area contributed by atoms with Crippen molar-refractivity contribution in [3.63, 3.8) is 0 Å². The fourth-order valence-corrected chi connectivity index (χ4v) is 3.75. The van der Waals surface area contributed by atoms with Gasteiger partial charge >= 0.3 is 0 Å². The molecule has 1 heterocycles. The van der Waals surface area contributed by atoms with E-state index in [1.807, 2.05) is 26.0 Å². The molecule has 2 rings (SSSR count). The third-order valence-corrected chi connectivity index (χ3v) is 5.66. The first kappa shape index (κ1) is 12.6. The van der Waals surface area contributed by atoms with E-state index in [4.69, 9.17) is 0 Å². The van der Waals surface area contributed by atoms with Crippen LogP contribution in [0.2, 0.25) is 0 Å². The van der Waals surface area contributed by atoms with Crippen molar-refractivity contribution in [3.8, 4) is 0 Å². The zero-order valence-electron chi connectivity index (χ0n) is 10.5. The van der Waals surface area contributed by atoms with E-state index in [-0.39, 0.29) is 17.0 Å². The van der Waals surface area contributed by atoms with Crippen molar-refractivity contribution in [2.45, 2.75) is 32.1 Å². The Kier molecular flexibility index (Phi) is 3.27. The average Bonchev–Trinajstić information content (AvgIpc) is 2.22. The summed E-state index contributed by atoms with van der Waals surface area (Å²) in [6, 6.07) is 6.11. The van der Waals surface area contributed by atoms with E-state index in [0.717, 1.165) is 11.1 Å². The van der Waals surface area contributed by atoms with E-state index in [1.54, 1.807) is 6.92 Å². The van der Waals surface area contributed by atoms with Crippen molar-refractivity contribution in [3.05, 3.63) is 34.9 Å². The number of hydrogen-bond acceptors (Lipinski definition) is 3. The van der Waals surface area contributed by atoms with E-state index in [2.05, 4.69) is 11.4 Å². The lowest BCUT2D eigenvalue weighted by molar-refractivity contribution is 0.501. The predicted molar refractivity (Wildman–Crippen MR) is 69.9 cm³/mol. The molecule has 0 aliphatic carbocycles. The smallest absolute Gasteiger partial charge is 0.156 e. The summed E-state index contributed by atoms with van der Waals surface area (Å²) in [5.41, 5.74) is 3.47. The van der Waals surface area contributed by atoms with Crippen molar-refractivity contribution in [2.24, 2.45) is 0 Å². The molecule has 1 aromatic rings. The van der Waals surface area contributed by atoms with Crippen LogP contribution in [0.3, 0.4) is 0 Å². The summed E-state index contributed by atoms with van der Waals surface area (Å²) in [5.74, 6) is 0.206. The van der Waals surface area contributed by atoms with Gasteiger partial charge in [-0.15, -0.1) is 0 Å². The molecule has 0 bridgehead atoms. The van der Waals surface area contributed by atoms with Crippen molar-refractivity contribution >= 4 is 9.84 Å². The number of hydrogen-bond donors (Lipinski definition) is 1. The van der Waals surface area contributed by atoms with Crippen LogP contribution in [0.4, 0.5) is 0 Å². The quantitative estimate of drug-likeness (QED) is 0.829. The van der Waals surface area contributed by atoms with Gasteiger partial charge in [-0.1, -0.05) is 23.8 Å². The average molecular weight is 253 g/mol. The minimum Gasteiger partial charge on any atom is -0.308 e. The standard InChI is InChI=1S/C13H19NO2S/c1-9-4-5-12(10(2)6-9)13-8-17(15,16)11(3)7-14-13/h4-6,11,13-14H,7-8H2,1-3H3. The molecule has 0 amide bonds. The minimum atomic E-state index is -2.95. The Morgan fingerprint density at radius 1 is 1.29 bits per heavy atom. The first-order valence-electron chi connectivity index (χ1n) is 5.92. The topological polar surface area (TPSA) is 46.2 Å². The molecule has 1 aliphatic rings. The van der Waals surface area contributed by atoms with Gasteiger partial charge in [-0.2, -0.15) is 0 Å². The monoisotopic (exact) mass is 253 g/mol. The molecule has 3 nitrogen and oxygen atoms in total. The van der Waals surface area contributed by atoms with Gasteiger partial charge in [-0.05, 0) is 31.9 Å². The fraction of sp³-hybridized carbons (Fsp3) is 0.538. The second-order valence-corrected chi connectivity index (χ2v) is 7.42. The first-order chi connectivity index (χ1) is 7.90. The molecule has 17 heavy (non-hydrogen) atoms. The fourth-order valence-electron chi connectivity index (χ4n) is 2.31. The summed E-state index contributed by atoms with van der Waals surface area (Å²) in [6.07, 6.45) is 0. The number of aryl methyl sites for hydroxylation is 2. The Hall–Kier alpha value is -0.870. The van der Waals surface area contributed by atoms with Crippen molar-refractivity contribution < 1.29 is 8.42 Å². The minimum absolute atomic E-state index is 0.0585. The zero-order chi connectivity index (χ0) is 12.6. The summed E-state index contributed by atoms with van der Waals surface area (Å²) in [6.45, 7) is 6.39. The molecule has 0 radical (unpaired) electrons. The number of nitrogens with one attached hydrogen (secondary N) is 1. The van der Waals surface area contributed by atoms with Gasteiger partial charge in [0.05, 0.1) is 11.0 Å². The van der Waals surface area contributed by atoms with Crippen LogP contribution < -0.4 is 5.32 Å². The van der Waals surface area contributed by atoms with Gasteiger partial charge in [-0.3, -0.25) is 0 Å². The Morgan fingerprint density at radius 2 is 2.00 bits per heavy atom. The Morgan fingerprint density at radius 3 is 2.59 bits per heavy atom. The van der Waals surface area contributed by atoms with Crippen molar-refractivity contribution in [1.29, 1.82) is 0 Å². The van der Waals surface area contributed by atoms with Crippen LogP contribution >= 0.6 is 0 Å². The van der Waals surface area contributed by atoms with Crippen LogP contribution in [0, 0.1) is 13.8 Å². The largest absolute Gasteiger partial charge is 0.308 e. The van der Waals surface area contributed by atoms with E-state index >= 15 is 0 Å². The van der Waals surface area contributed by atoms with E-state index in [1.165, 1.54) is 5.56 Å². The SMILES string of the molecule is Cc1ccc(C2CS(=O)(=O)C(C)CN2)c(C)c1. The second kappa shape index (κ2) is 4.42. The van der Waals surface area contributed by atoms with Gasteiger partial charge in [0, 0.05) is 12.6 Å². The van der Waals surface area contributed by atoms with E-state index in [0.29, 0.717) is 6.54 Å². The summed E-state index contributed by atoms with van der Waals surface area (Å²) in [4.78, 5) is 0. The molecular formula is C13H19NO2S. The van der Waals surface area contributed by atoms with Crippen LogP contribution in [-0.2, 0) is 9.84 Å². The Labute approximate surface area is 103 Å². The van der Waals surface area contributed by atoms with Crippen molar-refractivity contribution in [2.75, 3.05) is 12.3 Å². The lowest BCUT2D eigenvalue weighted by Gasteiger charge is -2.29. The van der Waals surface area contributed by atoms with E-state index < -0.39 is 9.84 Å². The molecule has 0 saturated carbocycles. The molecule has 1 saturated heterocycles. The molecule has 94 valence electrons. The zero-order valence-corrected chi connectivity index (χ0v) is 11.3. The highest BCUT2D eigenvalue weighted by atomic mass is 32.2. The third kappa shape index (κ3) is 2.53. The maximum Gasteiger partial charge on any atom is 0.156 e. The highest BCUT2D eigenvalue weighted by molar-refractivity contribution is 7.92. The molecule has 2 unspecified atom stereocenters. The lowest BCUT2D eigenvalue weighted by atomic mass is 10.00. The van der Waals surface area contributed by atoms with Crippen LogP contribution in [0.1, 0.15) is 29.7 Å². The molecule has 4 heteroatoms. The van der Waals surface area contributed by atoms with E-state index in [9.17, 15) is 8.42 Å². The predicted octanol–water partition coefficient (Wildman–Crippen LogP) is 1.75. The van der Waals surface area contributed by atoms with Gasteiger partial charge < -0.3 is 5.32 Å². The third-order valence-electron chi connectivity index (χ3n) is 3.46. The first-order valence-corrected chi connectivity index (χ1v) is 7.64. The highest BCUT2D eigenvalue weighted by Gasteiger charge is 2.31. The molecule has 0 spiro atoms. The Balaban J connectivity index is 2.30. The molecular weight excluding hydrogens is 234 g/mol. The molecule has 1 aliphatic heterocycles. The maximum absolute atomic E-state index is 11.9. The number of sulfone groups is 1. The number of rotatable bonds is 1. The van der Waals surface area contributed by atoms with Crippen molar-refractivity contribution in [1.82, 2.24) is 5.32 Å². The second-order valence-electron chi connectivity index (χ2n) is 4.96. The summed E-state index contributed by atoms with van der Waals surface area (Å²) >= 11 is 0. The summed E-state index contributed by atoms with van der Waals surface area (Å²) < 4.78 is 23.8. The van der Waals surface area contributed by atoms with Crippen LogP contribution in [0.5, 0.6) is 0 Å². The molecule has 2 atom stereocenters. The van der Waals surface area contributed by atoms with Crippen LogP contribution in [0.25, 0.3) is 0 Å². The van der Waals surface area contributed by atoms with Gasteiger partial charge in [0.25, 0.3) is 0 Å². The number of benzene rings is 1. The van der Waals surface area contributed by atoms with Gasteiger partial charge in [0.15, 0.2) is 9.84 Å². The van der Waals surface area contributed by atoms with Gasteiger partial charge in [0.1, 0.15) is 0 Å². The lowest BCUT2D eigenvalue weighted by Crippen LogP contribution is -2.44. The molecule has 1 fully saturated rings. The normalized spacial score (nSPS) is 27.9. The van der Waals surface area contributed by atoms with Crippen LogP contribution in [0.15, 0.2) is 18.2 Å². The summed E-state index contributed by atoms with van der Waals surface area (Å²) in [5, 5.41) is 3.05. The molecule has 1 N–H and O–H groups in total. The van der Waals surface area contributed by atoms with Crippen LogP contribution in [-0.4, -0.2) is 26.0 Å². The van der Waals surface area contributed by atoms with Gasteiger partial charge in [0.2, 0.25) is 0 Å². The summed E-state index contributed by atoms with van der Waals surface area (Å²) in [7, 11) is -2.95. The molecule has 1 aromatic carbocycles.